The van der Waals surface area contributed by atoms with Crippen molar-refractivity contribution in [3.05, 3.63) is 42.0 Å². The van der Waals surface area contributed by atoms with E-state index in [1.165, 1.54) is 16.3 Å². The van der Waals surface area contributed by atoms with E-state index in [1.54, 1.807) is 7.11 Å². The van der Waals surface area contributed by atoms with Crippen LogP contribution in [0.25, 0.3) is 10.8 Å². The highest BCUT2D eigenvalue weighted by Gasteiger charge is 2.05. The Labute approximate surface area is 114 Å². The van der Waals surface area contributed by atoms with E-state index in [9.17, 15) is 0 Å². The third-order valence-corrected chi connectivity index (χ3v) is 3.34. The summed E-state index contributed by atoms with van der Waals surface area (Å²) in [5, 5.41) is 11.2. The van der Waals surface area contributed by atoms with E-state index in [0.717, 1.165) is 25.0 Å². The molecule has 1 unspecified atom stereocenters. The molecule has 2 aromatic carbocycles. The Morgan fingerprint density at radius 3 is 2.63 bits per heavy atom. The number of aliphatic hydroxyl groups is 1. The third kappa shape index (κ3) is 3.69. The normalized spacial score (nSPS) is 12.6. The van der Waals surface area contributed by atoms with E-state index in [4.69, 9.17) is 15.6 Å². The maximum absolute atomic E-state index is 8.80. The summed E-state index contributed by atoms with van der Waals surface area (Å²) in [6.45, 7) is 0.214. The van der Waals surface area contributed by atoms with Crippen LogP contribution in [0.5, 0.6) is 5.75 Å². The van der Waals surface area contributed by atoms with Gasteiger partial charge >= 0.3 is 0 Å². The van der Waals surface area contributed by atoms with Crippen molar-refractivity contribution in [2.24, 2.45) is 5.73 Å². The number of methoxy groups -OCH3 is 1. The Kier molecular flexibility index (Phi) is 4.77. The molecule has 0 amide bonds. The van der Waals surface area contributed by atoms with Crippen molar-refractivity contribution in [3.8, 4) is 5.75 Å². The number of aliphatic hydroxyl groups excluding tert-OH is 1. The molecule has 0 heterocycles. The van der Waals surface area contributed by atoms with Crippen molar-refractivity contribution in [1.29, 1.82) is 0 Å². The number of hydrogen-bond acceptors (Lipinski definition) is 3. The van der Waals surface area contributed by atoms with Crippen LogP contribution in [-0.4, -0.2) is 24.9 Å². The molecule has 3 nitrogen and oxygen atoms in total. The second-order valence-electron chi connectivity index (χ2n) is 4.88. The molecule has 0 saturated carbocycles. The fraction of sp³-hybridized carbons (Fsp3) is 0.375. The molecule has 0 aromatic heterocycles. The Bertz CT molecular complexity index is 539. The van der Waals surface area contributed by atoms with Crippen molar-refractivity contribution in [3.63, 3.8) is 0 Å². The molecule has 102 valence electrons. The first kappa shape index (κ1) is 13.8. The standard InChI is InChI=1S/C16H21NO2/c1-19-16-7-6-13-9-12(4-5-14(13)11-16)10-15(17)3-2-8-18/h4-7,9,11,15,18H,2-3,8,10,17H2,1H3. The van der Waals surface area contributed by atoms with Gasteiger partial charge in [-0.3, -0.25) is 0 Å². The summed E-state index contributed by atoms with van der Waals surface area (Å²) in [4.78, 5) is 0. The molecule has 2 rings (SSSR count). The van der Waals surface area contributed by atoms with Crippen LogP contribution in [0.3, 0.4) is 0 Å². The van der Waals surface area contributed by atoms with E-state index < -0.39 is 0 Å². The molecular formula is C16H21NO2. The molecular weight excluding hydrogens is 238 g/mol. The predicted molar refractivity (Wildman–Crippen MR) is 78.5 cm³/mol. The number of hydrogen-bond donors (Lipinski definition) is 2. The van der Waals surface area contributed by atoms with Crippen molar-refractivity contribution in [2.75, 3.05) is 13.7 Å². The van der Waals surface area contributed by atoms with Gasteiger partial charge in [-0.2, -0.15) is 0 Å². The SMILES string of the molecule is COc1ccc2cc(CC(N)CCCO)ccc2c1. The molecule has 3 heteroatoms. The summed E-state index contributed by atoms with van der Waals surface area (Å²) in [7, 11) is 1.68. The summed E-state index contributed by atoms with van der Waals surface area (Å²) < 4.78 is 5.22. The van der Waals surface area contributed by atoms with Crippen LogP contribution >= 0.6 is 0 Å². The van der Waals surface area contributed by atoms with Gasteiger partial charge in [0.15, 0.2) is 0 Å². The molecule has 0 fully saturated rings. The highest BCUT2D eigenvalue weighted by molar-refractivity contribution is 5.84. The molecule has 2 aromatic rings. The lowest BCUT2D eigenvalue weighted by Crippen LogP contribution is -2.22. The second-order valence-corrected chi connectivity index (χ2v) is 4.88. The summed E-state index contributed by atoms with van der Waals surface area (Å²) in [5.74, 6) is 0.875. The number of benzene rings is 2. The maximum atomic E-state index is 8.80. The van der Waals surface area contributed by atoms with Gasteiger partial charge < -0.3 is 15.6 Å². The molecule has 0 aliphatic heterocycles. The fourth-order valence-electron chi connectivity index (χ4n) is 2.29. The maximum Gasteiger partial charge on any atom is 0.119 e. The van der Waals surface area contributed by atoms with Crippen LogP contribution in [0.1, 0.15) is 18.4 Å². The highest BCUT2D eigenvalue weighted by atomic mass is 16.5. The van der Waals surface area contributed by atoms with Crippen LogP contribution in [0, 0.1) is 0 Å². The molecule has 0 saturated heterocycles. The first-order valence-corrected chi connectivity index (χ1v) is 6.66. The van der Waals surface area contributed by atoms with Crippen molar-refractivity contribution in [1.82, 2.24) is 0 Å². The first-order chi connectivity index (χ1) is 9.22. The van der Waals surface area contributed by atoms with Gasteiger partial charge in [0.2, 0.25) is 0 Å². The zero-order valence-electron chi connectivity index (χ0n) is 11.3. The minimum atomic E-state index is 0.114. The van der Waals surface area contributed by atoms with Crippen LogP contribution in [-0.2, 0) is 6.42 Å². The lowest BCUT2D eigenvalue weighted by molar-refractivity contribution is 0.279. The average Bonchev–Trinajstić information content (AvgIpc) is 2.44. The quantitative estimate of drug-likeness (QED) is 0.838. The average molecular weight is 259 g/mol. The molecule has 3 N–H and O–H groups in total. The van der Waals surface area contributed by atoms with Crippen molar-refractivity contribution >= 4 is 10.8 Å². The summed E-state index contributed by atoms with van der Waals surface area (Å²) >= 11 is 0. The minimum Gasteiger partial charge on any atom is -0.497 e. The summed E-state index contributed by atoms with van der Waals surface area (Å²) in [5.41, 5.74) is 7.29. The van der Waals surface area contributed by atoms with Crippen LogP contribution in [0.15, 0.2) is 36.4 Å². The van der Waals surface area contributed by atoms with Gasteiger partial charge in [0.25, 0.3) is 0 Å². The van der Waals surface area contributed by atoms with Gasteiger partial charge in [-0.05, 0) is 47.7 Å². The van der Waals surface area contributed by atoms with Crippen LogP contribution < -0.4 is 10.5 Å². The first-order valence-electron chi connectivity index (χ1n) is 6.66. The predicted octanol–water partition coefficient (Wildman–Crippen LogP) is 2.49. The van der Waals surface area contributed by atoms with Crippen molar-refractivity contribution < 1.29 is 9.84 Å². The van der Waals surface area contributed by atoms with E-state index in [2.05, 4.69) is 24.3 Å². The monoisotopic (exact) mass is 259 g/mol. The molecule has 19 heavy (non-hydrogen) atoms. The largest absolute Gasteiger partial charge is 0.497 e. The highest BCUT2D eigenvalue weighted by Crippen LogP contribution is 2.22. The Hall–Kier alpha value is -1.58. The zero-order valence-corrected chi connectivity index (χ0v) is 11.3. The van der Waals surface area contributed by atoms with Gasteiger partial charge in [0.1, 0.15) is 5.75 Å². The summed E-state index contributed by atoms with van der Waals surface area (Å²) in [6.07, 6.45) is 2.48. The number of rotatable bonds is 6. The lowest BCUT2D eigenvalue weighted by Gasteiger charge is -2.11. The van der Waals surface area contributed by atoms with Gasteiger partial charge in [-0.15, -0.1) is 0 Å². The molecule has 1 atom stereocenters. The van der Waals surface area contributed by atoms with E-state index in [1.807, 2.05) is 12.1 Å². The zero-order chi connectivity index (χ0) is 13.7. The smallest absolute Gasteiger partial charge is 0.119 e. The molecule has 0 aliphatic rings. The van der Waals surface area contributed by atoms with Crippen LogP contribution in [0.2, 0.25) is 0 Å². The Balaban J connectivity index is 2.13. The van der Waals surface area contributed by atoms with E-state index in [0.29, 0.717) is 0 Å². The fourth-order valence-corrected chi connectivity index (χ4v) is 2.29. The minimum absolute atomic E-state index is 0.114. The van der Waals surface area contributed by atoms with Gasteiger partial charge in [0.05, 0.1) is 7.11 Å². The topological polar surface area (TPSA) is 55.5 Å². The van der Waals surface area contributed by atoms with E-state index >= 15 is 0 Å². The van der Waals surface area contributed by atoms with Gasteiger partial charge in [0, 0.05) is 12.6 Å². The summed E-state index contributed by atoms with van der Waals surface area (Å²) in [6, 6.07) is 12.6. The van der Waals surface area contributed by atoms with E-state index in [-0.39, 0.29) is 12.6 Å². The third-order valence-electron chi connectivity index (χ3n) is 3.34. The number of nitrogens with two attached hydrogens (primary N) is 1. The molecule has 0 spiro atoms. The van der Waals surface area contributed by atoms with Gasteiger partial charge in [-0.25, -0.2) is 0 Å². The molecule has 0 aliphatic carbocycles. The van der Waals surface area contributed by atoms with Crippen LogP contribution in [0.4, 0.5) is 0 Å². The lowest BCUT2D eigenvalue weighted by atomic mass is 9.99. The second kappa shape index (κ2) is 6.55. The number of fused-ring (bicyclic) bond motifs is 1. The number of ether oxygens (including phenoxy) is 1. The Morgan fingerprint density at radius 2 is 1.89 bits per heavy atom. The molecule has 0 bridgehead atoms. The van der Waals surface area contributed by atoms with Gasteiger partial charge in [-0.1, -0.05) is 24.3 Å². The molecule has 0 radical (unpaired) electrons. The Morgan fingerprint density at radius 1 is 1.16 bits per heavy atom. The van der Waals surface area contributed by atoms with Crippen molar-refractivity contribution in [2.45, 2.75) is 25.3 Å².